The maximum Gasteiger partial charge on any atom is 0.0234 e. The Labute approximate surface area is 136 Å². The van der Waals surface area contributed by atoms with Crippen LogP contribution in [0.15, 0.2) is 24.3 Å². The van der Waals surface area contributed by atoms with Gasteiger partial charge in [-0.15, -0.1) is 0 Å². The van der Waals surface area contributed by atoms with Gasteiger partial charge in [-0.2, -0.15) is 0 Å². The number of nitrogens with zero attached hydrogens (tertiary/aromatic N) is 1. The summed E-state index contributed by atoms with van der Waals surface area (Å²) >= 11 is 0. The van der Waals surface area contributed by atoms with Crippen LogP contribution < -0.4 is 0 Å². The van der Waals surface area contributed by atoms with Gasteiger partial charge in [0.15, 0.2) is 0 Å². The molecule has 0 spiro atoms. The van der Waals surface area contributed by atoms with E-state index in [4.69, 9.17) is 0 Å². The van der Waals surface area contributed by atoms with Crippen LogP contribution in [0.3, 0.4) is 0 Å². The highest BCUT2D eigenvalue weighted by Gasteiger charge is 2.07. The Morgan fingerprint density at radius 2 is 0.864 bits per heavy atom. The molecule has 0 saturated heterocycles. The Bertz CT molecular complexity index is 577. The first kappa shape index (κ1) is 16.8. The lowest BCUT2D eigenvalue weighted by atomic mass is 9.99. The van der Waals surface area contributed by atoms with Gasteiger partial charge in [-0.05, 0) is 93.1 Å². The minimum atomic E-state index is 0.994. The molecule has 0 aliphatic heterocycles. The summed E-state index contributed by atoms with van der Waals surface area (Å²) in [6.45, 7) is 15.2. The molecule has 0 aromatic heterocycles. The predicted octanol–water partition coefficient (Wildman–Crippen LogP) is 5.17. The van der Waals surface area contributed by atoms with Crippen LogP contribution in [0.25, 0.3) is 0 Å². The van der Waals surface area contributed by atoms with E-state index in [1.807, 2.05) is 0 Å². The Morgan fingerprint density at radius 3 is 1.14 bits per heavy atom. The molecule has 118 valence electrons. The van der Waals surface area contributed by atoms with E-state index in [1.54, 1.807) is 0 Å². The third-order valence-electron chi connectivity index (χ3n) is 4.88. The van der Waals surface area contributed by atoms with Crippen LogP contribution in [-0.2, 0) is 13.1 Å². The molecule has 0 heterocycles. The number of hydrogen-bond donors (Lipinski definition) is 0. The summed E-state index contributed by atoms with van der Waals surface area (Å²) in [6.07, 6.45) is 0. The second kappa shape index (κ2) is 6.66. The molecule has 1 nitrogen and oxygen atoms in total. The van der Waals surface area contributed by atoms with E-state index in [1.165, 1.54) is 44.5 Å². The molecule has 0 fully saturated rings. The second-order valence-corrected chi connectivity index (χ2v) is 6.88. The topological polar surface area (TPSA) is 3.24 Å². The maximum absolute atomic E-state index is 2.40. The minimum absolute atomic E-state index is 0.994. The average molecular weight is 295 g/mol. The van der Waals surface area contributed by atoms with E-state index in [0.717, 1.165) is 13.1 Å². The Balaban J connectivity index is 2.12. The zero-order valence-corrected chi connectivity index (χ0v) is 15.2. The number of benzene rings is 2. The predicted molar refractivity (Wildman–Crippen MR) is 96.5 cm³/mol. The van der Waals surface area contributed by atoms with Gasteiger partial charge >= 0.3 is 0 Å². The van der Waals surface area contributed by atoms with Gasteiger partial charge in [0.1, 0.15) is 0 Å². The minimum Gasteiger partial charge on any atom is -0.298 e. The van der Waals surface area contributed by atoms with E-state index in [2.05, 4.69) is 77.8 Å². The van der Waals surface area contributed by atoms with Gasteiger partial charge in [-0.3, -0.25) is 4.90 Å². The molecular weight excluding hydrogens is 266 g/mol. The molecule has 22 heavy (non-hydrogen) atoms. The molecule has 0 unspecified atom stereocenters. The molecular formula is C21H29N. The largest absolute Gasteiger partial charge is 0.298 e. The van der Waals surface area contributed by atoms with E-state index < -0.39 is 0 Å². The quantitative estimate of drug-likeness (QED) is 0.752. The van der Waals surface area contributed by atoms with Crippen molar-refractivity contribution in [2.45, 2.75) is 54.6 Å². The summed E-state index contributed by atoms with van der Waals surface area (Å²) in [6, 6.07) is 9.30. The molecule has 0 N–H and O–H groups in total. The number of hydrogen-bond acceptors (Lipinski definition) is 1. The van der Waals surface area contributed by atoms with E-state index in [-0.39, 0.29) is 0 Å². The summed E-state index contributed by atoms with van der Waals surface area (Å²) in [7, 11) is 2.20. The first-order valence-electron chi connectivity index (χ1n) is 8.10. The second-order valence-electron chi connectivity index (χ2n) is 6.88. The van der Waals surface area contributed by atoms with Gasteiger partial charge in [-0.25, -0.2) is 0 Å². The summed E-state index contributed by atoms with van der Waals surface area (Å²) < 4.78 is 0. The van der Waals surface area contributed by atoms with E-state index in [0.29, 0.717) is 0 Å². The van der Waals surface area contributed by atoms with Crippen molar-refractivity contribution in [2.24, 2.45) is 0 Å². The van der Waals surface area contributed by atoms with E-state index in [9.17, 15) is 0 Å². The van der Waals surface area contributed by atoms with Crippen LogP contribution >= 0.6 is 0 Å². The highest BCUT2D eigenvalue weighted by Crippen LogP contribution is 2.19. The zero-order valence-electron chi connectivity index (χ0n) is 15.2. The molecule has 2 aromatic rings. The fraction of sp³-hybridized carbons (Fsp3) is 0.429. The highest BCUT2D eigenvalue weighted by atomic mass is 15.1. The van der Waals surface area contributed by atoms with Gasteiger partial charge in [0, 0.05) is 13.1 Å². The molecule has 0 aliphatic rings. The maximum atomic E-state index is 2.40. The van der Waals surface area contributed by atoms with Gasteiger partial charge in [0.2, 0.25) is 0 Å². The van der Waals surface area contributed by atoms with Crippen molar-refractivity contribution in [3.63, 3.8) is 0 Å². The Hall–Kier alpha value is -1.60. The van der Waals surface area contributed by atoms with E-state index >= 15 is 0 Å². The molecule has 0 amide bonds. The van der Waals surface area contributed by atoms with Gasteiger partial charge in [-0.1, -0.05) is 24.3 Å². The number of rotatable bonds is 4. The van der Waals surface area contributed by atoms with Crippen molar-refractivity contribution in [2.75, 3.05) is 7.05 Å². The fourth-order valence-electron chi connectivity index (χ4n) is 3.11. The fourth-order valence-corrected chi connectivity index (χ4v) is 3.11. The van der Waals surface area contributed by atoms with Crippen molar-refractivity contribution in [3.05, 3.63) is 68.8 Å². The van der Waals surface area contributed by atoms with Crippen LogP contribution in [0.1, 0.15) is 44.5 Å². The molecule has 0 bridgehead atoms. The van der Waals surface area contributed by atoms with Crippen LogP contribution in [-0.4, -0.2) is 11.9 Å². The average Bonchev–Trinajstić information content (AvgIpc) is 2.41. The van der Waals surface area contributed by atoms with Gasteiger partial charge < -0.3 is 0 Å². The summed E-state index contributed by atoms with van der Waals surface area (Å²) in [5.41, 5.74) is 11.2. The molecule has 2 rings (SSSR count). The lowest BCUT2D eigenvalue weighted by Crippen LogP contribution is -2.17. The van der Waals surface area contributed by atoms with Crippen molar-refractivity contribution < 1.29 is 0 Å². The van der Waals surface area contributed by atoms with Gasteiger partial charge in [0.05, 0.1) is 0 Å². The molecule has 0 aliphatic carbocycles. The molecule has 2 aromatic carbocycles. The normalized spacial score (nSPS) is 11.3. The highest BCUT2D eigenvalue weighted by molar-refractivity contribution is 5.38. The van der Waals surface area contributed by atoms with Crippen molar-refractivity contribution >= 4 is 0 Å². The van der Waals surface area contributed by atoms with Crippen LogP contribution in [0, 0.1) is 41.5 Å². The summed E-state index contributed by atoms with van der Waals surface area (Å²) in [5.74, 6) is 0. The lowest BCUT2D eigenvalue weighted by Gasteiger charge is -2.19. The summed E-state index contributed by atoms with van der Waals surface area (Å²) in [5, 5.41) is 0. The molecule has 0 radical (unpaired) electrons. The summed E-state index contributed by atoms with van der Waals surface area (Å²) in [4.78, 5) is 2.40. The van der Waals surface area contributed by atoms with Crippen molar-refractivity contribution in [1.29, 1.82) is 0 Å². The lowest BCUT2D eigenvalue weighted by molar-refractivity contribution is 0.319. The molecule has 0 atom stereocenters. The standard InChI is InChI=1S/C21H29N/c1-14-8-20(9-15(2)18(14)5)12-22(7)13-21-10-16(3)19(6)17(4)11-21/h8-11H,12-13H2,1-7H3. The zero-order chi connectivity index (χ0) is 16.4. The first-order chi connectivity index (χ1) is 10.3. The Morgan fingerprint density at radius 1 is 0.591 bits per heavy atom. The first-order valence-corrected chi connectivity index (χ1v) is 8.10. The molecule has 0 saturated carbocycles. The number of aryl methyl sites for hydroxylation is 4. The Kier molecular flexibility index (Phi) is 5.08. The third-order valence-corrected chi connectivity index (χ3v) is 4.88. The van der Waals surface area contributed by atoms with Crippen molar-refractivity contribution in [1.82, 2.24) is 4.90 Å². The monoisotopic (exact) mass is 295 g/mol. The molecule has 1 heteroatoms. The van der Waals surface area contributed by atoms with Gasteiger partial charge in [0.25, 0.3) is 0 Å². The third kappa shape index (κ3) is 3.78. The van der Waals surface area contributed by atoms with Crippen LogP contribution in [0.4, 0.5) is 0 Å². The van der Waals surface area contributed by atoms with Crippen molar-refractivity contribution in [3.8, 4) is 0 Å². The smallest absolute Gasteiger partial charge is 0.0234 e. The van der Waals surface area contributed by atoms with Crippen LogP contribution in [0.5, 0.6) is 0 Å². The SMILES string of the molecule is Cc1cc(CN(C)Cc2cc(C)c(C)c(C)c2)cc(C)c1C. The van der Waals surface area contributed by atoms with Crippen LogP contribution in [0.2, 0.25) is 0 Å².